The summed E-state index contributed by atoms with van der Waals surface area (Å²) in [6.07, 6.45) is 7.09. The van der Waals surface area contributed by atoms with Crippen LogP contribution in [0.5, 0.6) is 0 Å². The van der Waals surface area contributed by atoms with E-state index >= 15 is 0 Å². The summed E-state index contributed by atoms with van der Waals surface area (Å²) in [5.41, 5.74) is 3.55. The first-order chi connectivity index (χ1) is 11.3. The lowest BCUT2D eigenvalue weighted by molar-refractivity contribution is -0.0309. The number of hydrogen-bond donors (Lipinski definition) is 2. The monoisotopic (exact) mass is 314 g/mol. The molecule has 0 aliphatic carbocycles. The molecular weight excluding hydrogens is 288 g/mol. The van der Waals surface area contributed by atoms with Crippen LogP contribution in [0.3, 0.4) is 0 Å². The van der Waals surface area contributed by atoms with Crippen LogP contribution in [0.2, 0.25) is 0 Å². The molecule has 124 valence electrons. The van der Waals surface area contributed by atoms with Crippen LogP contribution in [0.25, 0.3) is 0 Å². The molecule has 23 heavy (non-hydrogen) atoms. The lowest BCUT2D eigenvalue weighted by atomic mass is 9.91. The van der Waals surface area contributed by atoms with Gasteiger partial charge < -0.3 is 10.1 Å². The molecule has 0 radical (unpaired) electrons. The Balaban J connectivity index is 1.64. The first-order valence-electron chi connectivity index (χ1n) is 8.57. The Morgan fingerprint density at radius 2 is 2.30 bits per heavy atom. The van der Waals surface area contributed by atoms with Gasteiger partial charge in [-0.05, 0) is 43.9 Å². The summed E-state index contributed by atoms with van der Waals surface area (Å²) in [6.45, 7) is 6.12. The van der Waals surface area contributed by atoms with Crippen LogP contribution >= 0.6 is 0 Å². The second-order valence-electron chi connectivity index (χ2n) is 6.24. The van der Waals surface area contributed by atoms with Crippen molar-refractivity contribution in [1.29, 1.82) is 0 Å². The fourth-order valence-corrected chi connectivity index (χ4v) is 3.39. The highest BCUT2D eigenvalue weighted by molar-refractivity contribution is 5.22. The summed E-state index contributed by atoms with van der Waals surface area (Å²) in [7, 11) is 0. The molecule has 0 bridgehead atoms. The van der Waals surface area contributed by atoms with Crippen LogP contribution < -0.4 is 5.32 Å². The minimum absolute atomic E-state index is 0.111. The Morgan fingerprint density at radius 1 is 1.39 bits per heavy atom. The highest BCUT2D eigenvalue weighted by Crippen LogP contribution is 2.32. The van der Waals surface area contributed by atoms with E-state index in [1.54, 1.807) is 6.20 Å². The number of nitrogens with one attached hydrogen (secondary N) is 2. The summed E-state index contributed by atoms with van der Waals surface area (Å²) < 4.78 is 5.99. The zero-order valence-electron chi connectivity index (χ0n) is 14.0. The Kier molecular flexibility index (Phi) is 5.41. The van der Waals surface area contributed by atoms with E-state index in [4.69, 9.17) is 4.74 Å². The third-order valence-corrected chi connectivity index (χ3v) is 4.68. The van der Waals surface area contributed by atoms with Crippen LogP contribution in [0.15, 0.2) is 30.6 Å². The van der Waals surface area contributed by atoms with Crippen LogP contribution in [-0.2, 0) is 11.2 Å². The summed E-state index contributed by atoms with van der Waals surface area (Å²) in [5, 5.41) is 10.8. The number of rotatable bonds is 6. The van der Waals surface area contributed by atoms with Crippen molar-refractivity contribution in [3.05, 3.63) is 47.5 Å². The van der Waals surface area contributed by atoms with Gasteiger partial charge in [0, 0.05) is 37.5 Å². The van der Waals surface area contributed by atoms with Crippen LogP contribution in [0.1, 0.15) is 55.8 Å². The van der Waals surface area contributed by atoms with Crippen LogP contribution in [0.4, 0.5) is 0 Å². The number of aromatic nitrogens is 3. The maximum atomic E-state index is 5.99. The van der Waals surface area contributed by atoms with Gasteiger partial charge in [-0.1, -0.05) is 13.0 Å². The quantitative estimate of drug-likeness (QED) is 0.859. The standard InChI is InChI=1S/C18H26N4O/c1-3-14-6-4-9-19-17(14)13(2)20-12-15-7-5-11-23-18(15)16-8-10-21-22-16/h4,6,8-10,13,15,18,20H,3,5,7,11-12H2,1-2H3,(H,21,22)/t13?,15-,18+/m0/s1. The van der Waals surface area contributed by atoms with Gasteiger partial charge in [0.2, 0.25) is 0 Å². The van der Waals surface area contributed by atoms with Gasteiger partial charge >= 0.3 is 0 Å². The summed E-state index contributed by atoms with van der Waals surface area (Å²) in [4.78, 5) is 4.57. The minimum atomic E-state index is 0.111. The van der Waals surface area contributed by atoms with E-state index < -0.39 is 0 Å². The molecule has 0 spiro atoms. The number of aryl methyl sites for hydroxylation is 1. The number of pyridine rings is 1. The third kappa shape index (κ3) is 3.79. The van der Waals surface area contributed by atoms with Crippen molar-refractivity contribution in [2.75, 3.05) is 13.2 Å². The molecule has 2 N–H and O–H groups in total. The minimum Gasteiger partial charge on any atom is -0.372 e. The lowest BCUT2D eigenvalue weighted by Crippen LogP contribution is -2.33. The van der Waals surface area contributed by atoms with Gasteiger partial charge in [0.05, 0.1) is 11.4 Å². The van der Waals surface area contributed by atoms with E-state index in [1.165, 1.54) is 12.0 Å². The van der Waals surface area contributed by atoms with Gasteiger partial charge in [0.1, 0.15) is 6.10 Å². The fraction of sp³-hybridized carbons (Fsp3) is 0.556. The number of hydrogen-bond acceptors (Lipinski definition) is 4. The predicted molar refractivity (Wildman–Crippen MR) is 90.0 cm³/mol. The number of aromatic amines is 1. The van der Waals surface area contributed by atoms with E-state index in [0.29, 0.717) is 5.92 Å². The van der Waals surface area contributed by atoms with Crippen molar-refractivity contribution in [1.82, 2.24) is 20.5 Å². The van der Waals surface area contributed by atoms with Crippen molar-refractivity contribution in [2.45, 2.75) is 45.3 Å². The molecule has 3 heterocycles. The largest absolute Gasteiger partial charge is 0.372 e. The van der Waals surface area contributed by atoms with Crippen molar-refractivity contribution in [3.8, 4) is 0 Å². The molecule has 3 atom stereocenters. The molecule has 5 heteroatoms. The lowest BCUT2D eigenvalue weighted by Gasteiger charge is -2.32. The molecule has 1 saturated heterocycles. The van der Waals surface area contributed by atoms with Crippen molar-refractivity contribution < 1.29 is 4.74 Å². The zero-order chi connectivity index (χ0) is 16.1. The Hall–Kier alpha value is -1.72. The molecule has 3 rings (SSSR count). The van der Waals surface area contributed by atoms with E-state index in [0.717, 1.165) is 37.4 Å². The third-order valence-electron chi connectivity index (χ3n) is 4.68. The van der Waals surface area contributed by atoms with Crippen molar-refractivity contribution >= 4 is 0 Å². The van der Waals surface area contributed by atoms with Crippen molar-refractivity contribution in [2.24, 2.45) is 5.92 Å². The highest BCUT2D eigenvalue weighted by Gasteiger charge is 2.28. The normalized spacial score (nSPS) is 22.9. The molecular formula is C18H26N4O. The Bertz CT molecular complexity index is 599. The van der Waals surface area contributed by atoms with Gasteiger partial charge in [-0.3, -0.25) is 10.1 Å². The number of H-pyrrole nitrogens is 1. The summed E-state index contributed by atoms with van der Waals surface area (Å²) in [5.74, 6) is 0.459. The number of ether oxygens (including phenoxy) is 1. The van der Waals surface area contributed by atoms with Gasteiger partial charge in [-0.25, -0.2) is 0 Å². The first kappa shape index (κ1) is 16.1. The second kappa shape index (κ2) is 7.70. The SMILES string of the molecule is CCc1cccnc1C(C)NC[C@@H]1CCCO[C@H]1c1ccn[nH]1. The maximum Gasteiger partial charge on any atom is 0.103 e. The zero-order valence-corrected chi connectivity index (χ0v) is 14.0. The first-order valence-corrected chi connectivity index (χ1v) is 8.57. The van der Waals surface area contributed by atoms with Gasteiger partial charge in [0.15, 0.2) is 0 Å². The van der Waals surface area contributed by atoms with Gasteiger partial charge in [-0.2, -0.15) is 5.10 Å². The average Bonchev–Trinajstić information content (AvgIpc) is 3.14. The van der Waals surface area contributed by atoms with Crippen LogP contribution in [-0.4, -0.2) is 28.3 Å². The molecule has 0 aromatic carbocycles. The topological polar surface area (TPSA) is 62.8 Å². The molecule has 1 aliphatic heterocycles. The number of nitrogens with zero attached hydrogens (tertiary/aromatic N) is 2. The smallest absolute Gasteiger partial charge is 0.103 e. The van der Waals surface area contributed by atoms with E-state index in [9.17, 15) is 0 Å². The molecule has 0 amide bonds. The highest BCUT2D eigenvalue weighted by atomic mass is 16.5. The fourth-order valence-electron chi connectivity index (χ4n) is 3.39. The van der Waals surface area contributed by atoms with E-state index in [2.05, 4.69) is 40.4 Å². The van der Waals surface area contributed by atoms with Gasteiger partial charge in [-0.15, -0.1) is 0 Å². The van der Waals surface area contributed by atoms with E-state index in [-0.39, 0.29) is 12.1 Å². The van der Waals surface area contributed by atoms with Gasteiger partial charge in [0.25, 0.3) is 0 Å². The average molecular weight is 314 g/mol. The molecule has 2 aromatic rings. The molecule has 1 aliphatic rings. The molecule has 0 saturated carbocycles. The summed E-state index contributed by atoms with van der Waals surface area (Å²) in [6, 6.07) is 6.44. The molecule has 2 aromatic heterocycles. The van der Waals surface area contributed by atoms with Crippen molar-refractivity contribution in [3.63, 3.8) is 0 Å². The predicted octanol–water partition coefficient (Wildman–Crippen LogP) is 3.19. The summed E-state index contributed by atoms with van der Waals surface area (Å²) >= 11 is 0. The molecule has 1 unspecified atom stereocenters. The Labute approximate surface area is 137 Å². The van der Waals surface area contributed by atoms with Crippen LogP contribution in [0, 0.1) is 5.92 Å². The molecule has 5 nitrogen and oxygen atoms in total. The molecule has 1 fully saturated rings. The maximum absolute atomic E-state index is 5.99. The second-order valence-corrected chi connectivity index (χ2v) is 6.24. The Morgan fingerprint density at radius 3 is 3.09 bits per heavy atom. The van der Waals surface area contributed by atoms with E-state index in [1.807, 2.05) is 18.3 Å².